The fourth-order valence-corrected chi connectivity index (χ4v) is 2.06. The van der Waals surface area contributed by atoms with Crippen LogP contribution in [0.15, 0.2) is 12.1 Å². The van der Waals surface area contributed by atoms with Gasteiger partial charge in [-0.2, -0.15) is 0 Å². The van der Waals surface area contributed by atoms with E-state index >= 15 is 0 Å². The van der Waals surface area contributed by atoms with Gasteiger partial charge in [0.15, 0.2) is 5.82 Å². The molecule has 1 amide bonds. The van der Waals surface area contributed by atoms with Gasteiger partial charge in [-0.15, -0.1) is 0 Å². The van der Waals surface area contributed by atoms with Crippen LogP contribution in [0.1, 0.15) is 12.0 Å². The van der Waals surface area contributed by atoms with Gasteiger partial charge in [0.2, 0.25) is 5.91 Å². The van der Waals surface area contributed by atoms with Gasteiger partial charge in [-0.3, -0.25) is 4.79 Å². The average molecular weight is 270 g/mol. The van der Waals surface area contributed by atoms with Crippen LogP contribution < -0.4 is 10.6 Å². The Morgan fingerprint density at radius 3 is 2.84 bits per heavy atom. The first kappa shape index (κ1) is 13.9. The van der Waals surface area contributed by atoms with Gasteiger partial charge in [0.1, 0.15) is 11.5 Å². The minimum atomic E-state index is -0.780. The summed E-state index contributed by atoms with van der Waals surface area (Å²) in [5.74, 6) is -1.98. The molecule has 1 aromatic carbocycles. The number of hydrogen-bond acceptors (Lipinski definition) is 3. The highest BCUT2D eigenvalue weighted by atomic mass is 19.1. The van der Waals surface area contributed by atoms with Gasteiger partial charge in [0.05, 0.1) is 12.1 Å². The Morgan fingerprint density at radius 1 is 1.47 bits per heavy atom. The molecule has 0 radical (unpaired) electrons. The van der Waals surface area contributed by atoms with Crippen molar-refractivity contribution in [2.24, 2.45) is 0 Å². The van der Waals surface area contributed by atoms with Crippen LogP contribution in [0.25, 0.3) is 0 Å². The van der Waals surface area contributed by atoms with Crippen molar-refractivity contribution in [3.8, 4) is 0 Å². The number of aryl methyl sites for hydroxylation is 1. The Balaban J connectivity index is 2.10. The van der Waals surface area contributed by atoms with Crippen molar-refractivity contribution >= 4 is 11.6 Å². The molecule has 1 aromatic rings. The van der Waals surface area contributed by atoms with Crippen molar-refractivity contribution in [2.45, 2.75) is 25.5 Å². The standard InChI is InChI=1S/C13H16F2N2O2/c1-7-3-4-9(14)12(11(7)15)17-13(18)10-5-8(19-2)6-16-10/h3-4,8,10,16H,5-6H2,1-2H3,(H,17,18). The summed E-state index contributed by atoms with van der Waals surface area (Å²) in [4.78, 5) is 11.9. The number of anilines is 1. The van der Waals surface area contributed by atoms with E-state index in [1.165, 1.54) is 13.0 Å². The largest absolute Gasteiger partial charge is 0.380 e. The fraction of sp³-hybridized carbons (Fsp3) is 0.462. The predicted octanol–water partition coefficient (Wildman–Crippen LogP) is 1.59. The highest BCUT2D eigenvalue weighted by Crippen LogP contribution is 2.22. The molecule has 0 aromatic heterocycles. The summed E-state index contributed by atoms with van der Waals surface area (Å²) in [5.41, 5.74) is -0.112. The molecule has 1 fully saturated rings. The quantitative estimate of drug-likeness (QED) is 0.877. The zero-order valence-electron chi connectivity index (χ0n) is 10.8. The molecule has 2 atom stereocenters. The Kier molecular flexibility index (Phi) is 4.11. The lowest BCUT2D eigenvalue weighted by Crippen LogP contribution is -2.36. The molecular formula is C13H16F2N2O2. The van der Waals surface area contributed by atoms with E-state index in [9.17, 15) is 13.6 Å². The van der Waals surface area contributed by atoms with Gasteiger partial charge in [-0.05, 0) is 25.0 Å². The fourth-order valence-electron chi connectivity index (χ4n) is 2.06. The average Bonchev–Trinajstić information content (AvgIpc) is 2.88. The second-order valence-corrected chi connectivity index (χ2v) is 4.60. The highest BCUT2D eigenvalue weighted by Gasteiger charge is 2.30. The third-order valence-corrected chi connectivity index (χ3v) is 3.27. The molecule has 1 aliphatic heterocycles. The van der Waals surface area contributed by atoms with Crippen LogP contribution in [0.3, 0.4) is 0 Å². The minimum Gasteiger partial charge on any atom is -0.380 e. The second-order valence-electron chi connectivity index (χ2n) is 4.60. The summed E-state index contributed by atoms with van der Waals surface area (Å²) in [6.07, 6.45) is 0.431. The number of carbonyl (C=O) groups is 1. The van der Waals surface area contributed by atoms with E-state index in [2.05, 4.69) is 10.6 Å². The molecule has 0 spiro atoms. The van der Waals surface area contributed by atoms with Crippen molar-refractivity contribution in [3.63, 3.8) is 0 Å². The van der Waals surface area contributed by atoms with Crippen molar-refractivity contribution < 1.29 is 18.3 Å². The number of carbonyl (C=O) groups excluding carboxylic acids is 1. The number of halogens is 2. The number of benzene rings is 1. The monoisotopic (exact) mass is 270 g/mol. The van der Waals surface area contributed by atoms with E-state index in [-0.39, 0.29) is 11.7 Å². The maximum atomic E-state index is 13.8. The van der Waals surface area contributed by atoms with Crippen LogP contribution in [0.2, 0.25) is 0 Å². The lowest BCUT2D eigenvalue weighted by atomic mass is 10.1. The van der Waals surface area contributed by atoms with E-state index in [4.69, 9.17) is 4.74 Å². The molecule has 104 valence electrons. The number of rotatable bonds is 3. The number of amides is 1. The van der Waals surface area contributed by atoms with Crippen LogP contribution in [0.5, 0.6) is 0 Å². The Labute approximate surface area is 110 Å². The summed E-state index contributed by atoms with van der Waals surface area (Å²) < 4.78 is 32.4. The number of methoxy groups -OCH3 is 1. The second kappa shape index (κ2) is 5.63. The molecular weight excluding hydrogens is 254 g/mol. The zero-order chi connectivity index (χ0) is 14.0. The molecule has 0 bridgehead atoms. The maximum absolute atomic E-state index is 13.8. The van der Waals surface area contributed by atoms with Crippen molar-refractivity contribution in [2.75, 3.05) is 19.0 Å². The first-order valence-corrected chi connectivity index (χ1v) is 6.04. The van der Waals surface area contributed by atoms with Gasteiger partial charge < -0.3 is 15.4 Å². The van der Waals surface area contributed by atoms with Gasteiger partial charge in [0.25, 0.3) is 0 Å². The highest BCUT2D eigenvalue weighted by molar-refractivity contribution is 5.95. The predicted molar refractivity (Wildman–Crippen MR) is 66.9 cm³/mol. The lowest BCUT2D eigenvalue weighted by Gasteiger charge is -2.13. The smallest absolute Gasteiger partial charge is 0.241 e. The van der Waals surface area contributed by atoms with Crippen molar-refractivity contribution in [1.82, 2.24) is 5.32 Å². The van der Waals surface area contributed by atoms with Crippen LogP contribution in [0, 0.1) is 18.6 Å². The van der Waals surface area contributed by atoms with Gasteiger partial charge in [-0.25, -0.2) is 8.78 Å². The summed E-state index contributed by atoms with van der Waals surface area (Å²) in [6, 6.07) is 1.97. The van der Waals surface area contributed by atoms with Crippen LogP contribution in [-0.4, -0.2) is 31.7 Å². The molecule has 1 saturated heterocycles. The molecule has 19 heavy (non-hydrogen) atoms. The van der Waals surface area contributed by atoms with Crippen LogP contribution >= 0.6 is 0 Å². The first-order valence-electron chi connectivity index (χ1n) is 6.04. The van der Waals surface area contributed by atoms with E-state index in [1.54, 1.807) is 7.11 Å². The molecule has 0 aliphatic carbocycles. The van der Waals surface area contributed by atoms with Crippen molar-refractivity contribution in [1.29, 1.82) is 0 Å². The van der Waals surface area contributed by atoms with E-state index in [0.29, 0.717) is 13.0 Å². The molecule has 6 heteroatoms. The topological polar surface area (TPSA) is 50.4 Å². The Hall–Kier alpha value is -1.53. The minimum absolute atomic E-state index is 0.0528. The number of nitrogens with one attached hydrogen (secondary N) is 2. The molecule has 2 unspecified atom stereocenters. The van der Waals surface area contributed by atoms with Crippen molar-refractivity contribution in [3.05, 3.63) is 29.3 Å². The van der Waals surface area contributed by atoms with E-state index in [0.717, 1.165) is 6.07 Å². The van der Waals surface area contributed by atoms with Gasteiger partial charge >= 0.3 is 0 Å². The summed E-state index contributed by atoms with van der Waals surface area (Å²) in [5, 5.41) is 5.25. The third kappa shape index (κ3) is 2.90. The van der Waals surface area contributed by atoms with E-state index < -0.39 is 29.3 Å². The van der Waals surface area contributed by atoms with Gasteiger partial charge in [-0.1, -0.05) is 6.07 Å². The number of hydrogen-bond donors (Lipinski definition) is 2. The third-order valence-electron chi connectivity index (χ3n) is 3.27. The molecule has 1 heterocycles. The Morgan fingerprint density at radius 2 is 2.21 bits per heavy atom. The normalized spacial score (nSPS) is 22.5. The van der Waals surface area contributed by atoms with Gasteiger partial charge in [0, 0.05) is 13.7 Å². The molecule has 2 N–H and O–H groups in total. The number of ether oxygens (including phenoxy) is 1. The van der Waals surface area contributed by atoms with Crippen LogP contribution in [-0.2, 0) is 9.53 Å². The molecule has 2 rings (SSSR count). The molecule has 1 aliphatic rings. The first-order chi connectivity index (χ1) is 9.02. The zero-order valence-corrected chi connectivity index (χ0v) is 10.8. The lowest BCUT2D eigenvalue weighted by molar-refractivity contribution is -0.118. The molecule has 0 saturated carbocycles. The SMILES string of the molecule is COC1CNC(C(=O)Nc2c(F)ccc(C)c2F)C1. The molecule has 4 nitrogen and oxygen atoms in total. The van der Waals surface area contributed by atoms with E-state index in [1.807, 2.05) is 0 Å². The summed E-state index contributed by atoms with van der Waals surface area (Å²) >= 11 is 0. The maximum Gasteiger partial charge on any atom is 0.241 e. The summed E-state index contributed by atoms with van der Waals surface area (Å²) in [6.45, 7) is 2.06. The van der Waals surface area contributed by atoms with Crippen LogP contribution in [0.4, 0.5) is 14.5 Å². The summed E-state index contributed by atoms with van der Waals surface area (Å²) in [7, 11) is 1.56. The Bertz CT molecular complexity index is 494.